The molecule has 2 rings (SSSR count). The first-order chi connectivity index (χ1) is 8.66. The van der Waals surface area contributed by atoms with E-state index in [4.69, 9.17) is 5.11 Å². The van der Waals surface area contributed by atoms with Crippen LogP contribution in [0, 0.1) is 5.82 Å². The second-order valence-corrected chi connectivity index (χ2v) is 4.77. The molecule has 0 heterocycles. The molecule has 4 heteroatoms. The van der Waals surface area contributed by atoms with Crippen molar-refractivity contribution in [2.45, 2.75) is 10.6 Å². The van der Waals surface area contributed by atoms with Crippen molar-refractivity contribution < 1.29 is 14.3 Å². The third-order valence-electron chi connectivity index (χ3n) is 2.42. The van der Waals surface area contributed by atoms with Gasteiger partial charge in [0.1, 0.15) is 5.82 Å². The maximum absolute atomic E-state index is 13.2. The molecule has 0 saturated heterocycles. The van der Waals surface area contributed by atoms with E-state index in [1.807, 2.05) is 30.3 Å². The second-order valence-electron chi connectivity index (χ2n) is 3.72. The van der Waals surface area contributed by atoms with Crippen LogP contribution in [0.3, 0.4) is 0 Å². The summed E-state index contributed by atoms with van der Waals surface area (Å²) in [7, 11) is 0. The zero-order valence-corrected chi connectivity index (χ0v) is 10.3. The van der Waals surface area contributed by atoms with Crippen LogP contribution in [-0.2, 0) is 5.75 Å². The van der Waals surface area contributed by atoms with Crippen molar-refractivity contribution in [2.24, 2.45) is 0 Å². The Balaban J connectivity index is 2.11. The van der Waals surface area contributed by atoms with Crippen LogP contribution in [0.1, 0.15) is 15.9 Å². The Morgan fingerprint density at radius 3 is 2.56 bits per heavy atom. The van der Waals surface area contributed by atoms with E-state index in [1.54, 1.807) is 6.07 Å². The molecule has 0 bridgehead atoms. The molecule has 0 aliphatic rings. The number of benzene rings is 2. The first kappa shape index (κ1) is 12.6. The van der Waals surface area contributed by atoms with Crippen LogP contribution >= 0.6 is 11.8 Å². The van der Waals surface area contributed by atoms with Gasteiger partial charge in [0, 0.05) is 10.6 Å². The SMILES string of the molecule is O=C(O)c1cc(SCc2ccccc2)ccc1F. The average molecular weight is 262 g/mol. The fraction of sp³-hybridized carbons (Fsp3) is 0.0714. The molecule has 0 saturated carbocycles. The van der Waals surface area contributed by atoms with Crippen molar-refractivity contribution in [1.82, 2.24) is 0 Å². The number of thioether (sulfide) groups is 1. The summed E-state index contributed by atoms with van der Waals surface area (Å²) in [6.45, 7) is 0. The lowest BCUT2D eigenvalue weighted by Gasteiger charge is -2.04. The Hall–Kier alpha value is -1.81. The Morgan fingerprint density at radius 2 is 1.89 bits per heavy atom. The topological polar surface area (TPSA) is 37.3 Å². The summed E-state index contributed by atoms with van der Waals surface area (Å²) in [6.07, 6.45) is 0. The first-order valence-corrected chi connectivity index (χ1v) is 6.35. The molecular formula is C14H11FO2S. The van der Waals surface area contributed by atoms with Gasteiger partial charge < -0.3 is 5.11 Å². The van der Waals surface area contributed by atoms with Crippen LogP contribution in [0.2, 0.25) is 0 Å². The highest BCUT2D eigenvalue weighted by molar-refractivity contribution is 7.98. The molecule has 2 aromatic rings. The minimum Gasteiger partial charge on any atom is -0.478 e. The maximum Gasteiger partial charge on any atom is 0.338 e. The van der Waals surface area contributed by atoms with Gasteiger partial charge in [-0.15, -0.1) is 11.8 Å². The molecule has 0 amide bonds. The Labute approximate surface area is 108 Å². The molecule has 0 aromatic heterocycles. The van der Waals surface area contributed by atoms with Gasteiger partial charge in [-0.05, 0) is 23.8 Å². The lowest BCUT2D eigenvalue weighted by molar-refractivity contribution is 0.0691. The van der Waals surface area contributed by atoms with Crippen LogP contribution in [0.4, 0.5) is 4.39 Å². The standard InChI is InChI=1S/C14H11FO2S/c15-13-7-6-11(8-12(13)14(16)17)18-9-10-4-2-1-3-5-10/h1-8H,9H2,(H,16,17). The Bertz CT molecular complexity index is 555. The molecule has 2 aromatic carbocycles. The van der Waals surface area contributed by atoms with Gasteiger partial charge in [0.2, 0.25) is 0 Å². The van der Waals surface area contributed by atoms with E-state index >= 15 is 0 Å². The van der Waals surface area contributed by atoms with Crippen LogP contribution < -0.4 is 0 Å². The van der Waals surface area contributed by atoms with Gasteiger partial charge in [-0.2, -0.15) is 0 Å². The number of carbonyl (C=O) groups is 1. The van der Waals surface area contributed by atoms with Crippen LogP contribution in [0.5, 0.6) is 0 Å². The number of rotatable bonds is 4. The van der Waals surface area contributed by atoms with Gasteiger partial charge in [-0.25, -0.2) is 9.18 Å². The monoisotopic (exact) mass is 262 g/mol. The molecule has 0 spiro atoms. The molecule has 0 radical (unpaired) electrons. The number of aromatic carboxylic acids is 1. The van der Waals surface area contributed by atoms with E-state index in [0.717, 1.165) is 16.2 Å². The highest BCUT2D eigenvalue weighted by Gasteiger charge is 2.10. The summed E-state index contributed by atoms with van der Waals surface area (Å²) in [5, 5.41) is 8.83. The molecule has 0 aliphatic heterocycles. The van der Waals surface area contributed by atoms with E-state index in [-0.39, 0.29) is 5.56 Å². The smallest absolute Gasteiger partial charge is 0.338 e. The molecule has 0 atom stereocenters. The molecular weight excluding hydrogens is 251 g/mol. The first-order valence-electron chi connectivity index (χ1n) is 5.36. The van der Waals surface area contributed by atoms with Gasteiger partial charge in [-0.3, -0.25) is 0 Å². The van der Waals surface area contributed by atoms with E-state index < -0.39 is 11.8 Å². The number of hydrogen-bond donors (Lipinski definition) is 1. The zero-order chi connectivity index (χ0) is 13.0. The average Bonchev–Trinajstić information content (AvgIpc) is 2.38. The number of halogens is 1. The van der Waals surface area contributed by atoms with Crippen molar-refractivity contribution in [3.63, 3.8) is 0 Å². The number of carboxylic acids is 1. The minimum absolute atomic E-state index is 0.284. The summed E-state index contributed by atoms with van der Waals surface area (Å²) in [5.41, 5.74) is 0.858. The Morgan fingerprint density at radius 1 is 1.17 bits per heavy atom. The van der Waals surface area contributed by atoms with Gasteiger partial charge in [0.25, 0.3) is 0 Å². The zero-order valence-electron chi connectivity index (χ0n) is 9.47. The van der Waals surface area contributed by atoms with Crippen molar-refractivity contribution in [1.29, 1.82) is 0 Å². The van der Waals surface area contributed by atoms with E-state index in [1.165, 1.54) is 23.9 Å². The quantitative estimate of drug-likeness (QED) is 0.851. The highest BCUT2D eigenvalue weighted by atomic mass is 32.2. The highest BCUT2D eigenvalue weighted by Crippen LogP contribution is 2.24. The molecule has 0 unspecified atom stereocenters. The number of hydrogen-bond acceptors (Lipinski definition) is 2. The summed E-state index contributed by atoms with van der Waals surface area (Å²) in [5.74, 6) is -1.22. The Kier molecular flexibility index (Phi) is 3.99. The van der Waals surface area contributed by atoms with Crippen LogP contribution in [-0.4, -0.2) is 11.1 Å². The molecule has 1 N–H and O–H groups in total. The van der Waals surface area contributed by atoms with Crippen LogP contribution in [0.25, 0.3) is 0 Å². The van der Waals surface area contributed by atoms with Gasteiger partial charge in [0.15, 0.2) is 0 Å². The van der Waals surface area contributed by atoms with Crippen molar-refractivity contribution >= 4 is 17.7 Å². The molecule has 92 valence electrons. The maximum atomic E-state index is 13.2. The predicted octanol–water partition coefficient (Wildman–Crippen LogP) is 3.82. The fourth-order valence-electron chi connectivity index (χ4n) is 1.50. The van der Waals surface area contributed by atoms with Crippen molar-refractivity contribution in [3.05, 3.63) is 65.5 Å². The largest absolute Gasteiger partial charge is 0.478 e. The van der Waals surface area contributed by atoms with E-state index in [0.29, 0.717) is 0 Å². The summed E-state index contributed by atoms with van der Waals surface area (Å²) in [6, 6.07) is 14.0. The van der Waals surface area contributed by atoms with Gasteiger partial charge >= 0.3 is 5.97 Å². The van der Waals surface area contributed by atoms with Crippen LogP contribution in [0.15, 0.2) is 53.4 Å². The van der Waals surface area contributed by atoms with Gasteiger partial charge in [0.05, 0.1) is 5.56 Å². The normalized spacial score (nSPS) is 10.3. The van der Waals surface area contributed by atoms with E-state index in [9.17, 15) is 9.18 Å². The minimum atomic E-state index is -1.24. The van der Waals surface area contributed by atoms with Gasteiger partial charge in [-0.1, -0.05) is 30.3 Å². The predicted molar refractivity (Wildman–Crippen MR) is 69.4 cm³/mol. The van der Waals surface area contributed by atoms with Crippen molar-refractivity contribution in [3.8, 4) is 0 Å². The second kappa shape index (κ2) is 5.69. The van der Waals surface area contributed by atoms with E-state index in [2.05, 4.69) is 0 Å². The third kappa shape index (κ3) is 3.11. The lowest BCUT2D eigenvalue weighted by atomic mass is 10.2. The summed E-state index contributed by atoms with van der Waals surface area (Å²) in [4.78, 5) is 11.5. The molecule has 2 nitrogen and oxygen atoms in total. The summed E-state index contributed by atoms with van der Waals surface area (Å²) < 4.78 is 13.2. The fourth-order valence-corrected chi connectivity index (χ4v) is 2.39. The molecule has 0 fully saturated rings. The number of carboxylic acid groups (broad SMARTS) is 1. The third-order valence-corrected chi connectivity index (χ3v) is 3.48. The summed E-state index contributed by atoms with van der Waals surface area (Å²) >= 11 is 1.48. The molecule has 18 heavy (non-hydrogen) atoms. The molecule has 0 aliphatic carbocycles. The lowest BCUT2D eigenvalue weighted by Crippen LogP contribution is -2.00. The van der Waals surface area contributed by atoms with Crippen molar-refractivity contribution in [2.75, 3.05) is 0 Å².